The summed E-state index contributed by atoms with van der Waals surface area (Å²) in [6, 6.07) is 7.23. The van der Waals surface area contributed by atoms with E-state index in [1.807, 2.05) is 38.4 Å². The molecule has 0 aliphatic heterocycles. The van der Waals surface area contributed by atoms with E-state index in [0.29, 0.717) is 31.7 Å². The highest BCUT2D eigenvalue weighted by molar-refractivity contribution is 7.89. The van der Waals surface area contributed by atoms with Gasteiger partial charge < -0.3 is 10.1 Å². The van der Waals surface area contributed by atoms with Crippen molar-refractivity contribution in [2.24, 2.45) is 5.92 Å². The second-order valence-corrected chi connectivity index (χ2v) is 9.49. The molecule has 9 heteroatoms. The Morgan fingerprint density at radius 1 is 1.20 bits per heavy atom. The van der Waals surface area contributed by atoms with Gasteiger partial charge in [-0.1, -0.05) is 13.8 Å². The fraction of sp³-hybridized carbons (Fsp3) is 0.524. The number of aryl methyl sites for hydroxylation is 3. The van der Waals surface area contributed by atoms with E-state index in [-0.39, 0.29) is 16.7 Å². The quantitative estimate of drug-likeness (QED) is 0.527. The van der Waals surface area contributed by atoms with Crippen LogP contribution in [0.2, 0.25) is 0 Å². The molecular weight excluding hydrogens is 404 g/mol. The number of ether oxygens (including phenoxy) is 1. The monoisotopic (exact) mass is 436 g/mol. The average molecular weight is 437 g/mol. The molecule has 8 nitrogen and oxygen atoms in total. The smallest absolute Gasteiger partial charge is 0.241 e. The number of hydrogen-bond acceptors (Lipinski definition) is 5. The first-order chi connectivity index (χ1) is 14.1. The van der Waals surface area contributed by atoms with E-state index in [9.17, 15) is 13.2 Å². The minimum absolute atomic E-state index is 0.0920. The van der Waals surface area contributed by atoms with Gasteiger partial charge >= 0.3 is 0 Å². The van der Waals surface area contributed by atoms with Crippen LogP contribution in [0.5, 0.6) is 5.75 Å². The number of methoxy groups -OCH3 is 1. The minimum atomic E-state index is -3.83. The van der Waals surface area contributed by atoms with Crippen LogP contribution in [-0.4, -0.2) is 43.8 Å². The van der Waals surface area contributed by atoms with Crippen molar-refractivity contribution in [2.75, 3.05) is 13.7 Å². The first kappa shape index (κ1) is 23.9. The molecule has 1 amide bonds. The third-order valence-electron chi connectivity index (χ3n) is 4.64. The Balaban J connectivity index is 1.97. The Morgan fingerprint density at radius 3 is 2.40 bits per heavy atom. The van der Waals surface area contributed by atoms with Gasteiger partial charge in [0.1, 0.15) is 11.8 Å². The topological polar surface area (TPSA) is 102 Å². The van der Waals surface area contributed by atoms with Crippen LogP contribution in [0.15, 0.2) is 35.2 Å². The molecule has 1 unspecified atom stereocenters. The summed E-state index contributed by atoms with van der Waals surface area (Å²) in [5, 5.41) is 7.25. The number of benzene rings is 1. The maximum atomic E-state index is 12.7. The van der Waals surface area contributed by atoms with Gasteiger partial charge in [-0.2, -0.15) is 9.82 Å². The van der Waals surface area contributed by atoms with Gasteiger partial charge in [-0.25, -0.2) is 8.42 Å². The Kier molecular flexibility index (Phi) is 8.43. The van der Waals surface area contributed by atoms with Gasteiger partial charge in [0.15, 0.2) is 0 Å². The molecule has 0 radical (unpaired) electrons. The Morgan fingerprint density at radius 2 is 1.87 bits per heavy atom. The van der Waals surface area contributed by atoms with E-state index in [2.05, 4.69) is 15.1 Å². The molecule has 166 valence electrons. The fourth-order valence-electron chi connectivity index (χ4n) is 3.16. The number of sulfonamides is 1. The van der Waals surface area contributed by atoms with Gasteiger partial charge in [-0.3, -0.25) is 9.48 Å². The van der Waals surface area contributed by atoms with E-state index in [4.69, 9.17) is 4.74 Å². The standard InChI is InChI=1S/C21H32N4O4S/c1-15(2)13-20(24-30(27,28)19-9-7-18(29-5)8-10-19)21(26)22-11-6-12-25-17(4)14-16(3)23-25/h7-10,14-15,20,24H,6,11-13H2,1-5H3,(H,22,26). The fourth-order valence-corrected chi connectivity index (χ4v) is 4.36. The first-order valence-electron chi connectivity index (χ1n) is 10.1. The van der Waals surface area contributed by atoms with Crippen molar-refractivity contribution < 1.29 is 17.9 Å². The van der Waals surface area contributed by atoms with Gasteiger partial charge in [0.05, 0.1) is 17.7 Å². The number of carbonyl (C=O) groups is 1. The average Bonchev–Trinajstić information content (AvgIpc) is 3.01. The van der Waals surface area contributed by atoms with Gasteiger partial charge in [-0.05, 0) is 62.9 Å². The number of nitrogens with one attached hydrogen (secondary N) is 2. The predicted octanol–water partition coefficient (Wildman–Crippen LogP) is 2.41. The lowest BCUT2D eigenvalue weighted by Gasteiger charge is -2.20. The summed E-state index contributed by atoms with van der Waals surface area (Å²) in [6.07, 6.45) is 1.10. The molecule has 0 saturated heterocycles. The summed E-state index contributed by atoms with van der Waals surface area (Å²) >= 11 is 0. The SMILES string of the molecule is COc1ccc(S(=O)(=O)NC(CC(C)C)C(=O)NCCCn2nc(C)cc2C)cc1. The molecule has 0 aliphatic carbocycles. The zero-order valence-electron chi connectivity index (χ0n) is 18.3. The van der Waals surface area contributed by atoms with Crippen LogP contribution >= 0.6 is 0 Å². The number of amides is 1. The molecule has 0 aliphatic rings. The van der Waals surface area contributed by atoms with Crippen molar-refractivity contribution in [1.29, 1.82) is 0 Å². The van der Waals surface area contributed by atoms with E-state index in [0.717, 1.165) is 11.4 Å². The van der Waals surface area contributed by atoms with Crippen molar-refractivity contribution in [3.05, 3.63) is 41.7 Å². The summed E-state index contributed by atoms with van der Waals surface area (Å²) in [5.74, 6) is 0.385. The molecule has 0 bridgehead atoms. The zero-order chi connectivity index (χ0) is 22.3. The molecule has 0 saturated carbocycles. The van der Waals surface area contributed by atoms with Gasteiger partial charge in [0.25, 0.3) is 0 Å². The lowest BCUT2D eigenvalue weighted by atomic mass is 10.0. The molecule has 2 N–H and O–H groups in total. The molecule has 1 atom stereocenters. The van der Waals surface area contributed by atoms with E-state index < -0.39 is 16.1 Å². The molecule has 1 aromatic heterocycles. The van der Waals surface area contributed by atoms with Crippen LogP contribution < -0.4 is 14.8 Å². The largest absolute Gasteiger partial charge is 0.497 e. The third kappa shape index (κ3) is 6.84. The highest BCUT2D eigenvalue weighted by Gasteiger charge is 2.26. The Bertz CT molecular complexity index is 936. The number of hydrogen-bond donors (Lipinski definition) is 2. The van der Waals surface area contributed by atoms with Crippen LogP contribution in [0.3, 0.4) is 0 Å². The second kappa shape index (κ2) is 10.6. The van der Waals surface area contributed by atoms with Gasteiger partial charge in [-0.15, -0.1) is 0 Å². The molecule has 2 aromatic rings. The van der Waals surface area contributed by atoms with Crippen molar-refractivity contribution in [2.45, 2.75) is 58.0 Å². The van der Waals surface area contributed by atoms with Crippen molar-refractivity contribution in [1.82, 2.24) is 19.8 Å². The predicted molar refractivity (Wildman–Crippen MR) is 116 cm³/mol. The molecule has 0 spiro atoms. The maximum Gasteiger partial charge on any atom is 0.241 e. The maximum absolute atomic E-state index is 12.7. The first-order valence-corrected chi connectivity index (χ1v) is 11.6. The van der Waals surface area contributed by atoms with Crippen molar-refractivity contribution in [3.63, 3.8) is 0 Å². The van der Waals surface area contributed by atoms with E-state index in [1.165, 1.54) is 19.2 Å². The molecule has 30 heavy (non-hydrogen) atoms. The van der Waals surface area contributed by atoms with Crippen LogP contribution in [0.1, 0.15) is 38.1 Å². The molecule has 1 heterocycles. The van der Waals surface area contributed by atoms with Crippen LogP contribution in [0.25, 0.3) is 0 Å². The summed E-state index contributed by atoms with van der Waals surface area (Å²) in [4.78, 5) is 12.8. The lowest BCUT2D eigenvalue weighted by molar-refractivity contribution is -0.123. The van der Waals surface area contributed by atoms with Crippen molar-refractivity contribution >= 4 is 15.9 Å². The summed E-state index contributed by atoms with van der Waals surface area (Å²) < 4.78 is 35.0. The number of carbonyl (C=O) groups excluding carboxylic acids is 1. The summed E-state index contributed by atoms with van der Waals surface area (Å²) in [6.45, 7) is 8.96. The molecular formula is C21H32N4O4S. The number of nitrogens with zero attached hydrogens (tertiary/aromatic N) is 2. The third-order valence-corrected chi connectivity index (χ3v) is 6.13. The zero-order valence-corrected chi connectivity index (χ0v) is 19.1. The van der Waals surface area contributed by atoms with E-state index >= 15 is 0 Å². The van der Waals surface area contributed by atoms with E-state index in [1.54, 1.807) is 12.1 Å². The molecule has 0 fully saturated rings. The van der Waals surface area contributed by atoms with Crippen molar-refractivity contribution in [3.8, 4) is 5.75 Å². The highest BCUT2D eigenvalue weighted by Crippen LogP contribution is 2.17. The number of aromatic nitrogens is 2. The van der Waals surface area contributed by atoms with Crippen LogP contribution in [-0.2, 0) is 21.4 Å². The lowest BCUT2D eigenvalue weighted by Crippen LogP contribution is -2.47. The van der Waals surface area contributed by atoms with Crippen LogP contribution in [0.4, 0.5) is 0 Å². The summed E-state index contributed by atoms with van der Waals surface area (Å²) in [7, 11) is -2.32. The van der Waals surface area contributed by atoms with Gasteiger partial charge in [0.2, 0.25) is 15.9 Å². The Labute approximate surface area is 179 Å². The van der Waals surface area contributed by atoms with Crippen LogP contribution in [0, 0.1) is 19.8 Å². The second-order valence-electron chi connectivity index (χ2n) is 7.77. The molecule has 2 rings (SSSR count). The summed E-state index contributed by atoms with van der Waals surface area (Å²) in [5.41, 5.74) is 2.03. The normalized spacial score (nSPS) is 12.7. The number of rotatable bonds is 11. The highest BCUT2D eigenvalue weighted by atomic mass is 32.2. The molecule has 1 aromatic carbocycles. The Hall–Kier alpha value is -2.39. The van der Waals surface area contributed by atoms with Gasteiger partial charge in [0, 0.05) is 18.8 Å². The minimum Gasteiger partial charge on any atom is -0.497 e.